The van der Waals surface area contributed by atoms with Crippen LogP contribution in [0.5, 0.6) is 0 Å². The molecular formula is C18H25NO. The molecule has 0 aromatic heterocycles. The molecule has 20 heavy (non-hydrogen) atoms. The summed E-state index contributed by atoms with van der Waals surface area (Å²) in [5.74, 6) is 0.592. The summed E-state index contributed by atoms with van der Waals surface area (Å²) in [5.41, 5.74) is 2.33. The predicted octanol–water partition coefficient (Wildman–Crippen LogP) is 4.13. The molecule has 0 unspecified atom stereocenters. The molecule has 0 aliphatic heterocycles. The molecule has 1 amide bonds. The van der Waals surface area contributed by atoms with Gasteiger partial charge in [-0.3, -0.25) is 4.79 Å². The van der Waals surface area contributed by atoms with E-state index in [1.165, 1.54) is 11.1 Å². The summed E-state index contributed by atoms with van der Waals surface area (Å²) in [6, 6.07) is 10.3. The first-order valence-corrected chi connectivity index (χ1v) is 7.43. The van der Waals surface area contributed by atoms with Crippen molar-refractivity contribution in [2.75, 3.05) is 6.54 Å². The van der Waals surface area contributed by atoms with E-state index in [4.69, 9.17) is 0 Å². The van der Waals surface area contributed by atoms with E-state index >= 15 is 0 Å². The molecule has 0 spiro atoms. The average Bonchev–Trinajstić information content (AvgIpc) is 3.22. The Kier molecular flexibility index (Phi) is 4.32. The van der Waals surface area contributed by atoms with Crippen LogP contribution < -0.4 is 0 Å². The van der Waals surface area contributed by atoms with Crippen molar-refractivity contribution >= 4 is 11.5 Å². The summed E-state index contributed by atoms with van der Waals surface area (Å²) < 4.78 is 0. The number of nitrogens with zero attached hydrogens (tertiary/aromatic N) is 1. The Morgan fingerprint density at radius 1 is 1.25 bits per heavy atom. The zero-order chi connectivity index (χ0) is 14.8. The number of rotatable bonds is 4. The standard InChI is InChI=1S/C18H25NO/c1-14(15-8-6-5-7-9-15)12-13-19(18(2,3)4)17(20)16-10-11-16/h5-9,12,16H,10-11,13H2,1-4H3/b14-12-. The molecule has 1 aliphatic rings. The SMILES string of the molecule is C/C(=C/CN(C(=O)C1CC1)C(C)(C)C)c1ccccc1. The van der Waals surface area contributed by atoms with Gasteiger partial charge in [0, 0.05) is 18.0 Å². The Bertz CT molecular complexity index is 492. The van der Waals surface area contributed by atoms with Crippen LogP contribution in [0.25, 0.3) is 5.57 Å². The molecule has 1 saturated carbocycles. The molecule has 1 aliphatic carbocycles. The Labute approximate surface area is 122 Å². The molecule has 0 radical (unpaired) electrons. The maximum atomic E-state index is 12.4. The monoisotopic (exact) mass is 271 g/mol. The number of amides is 1. The highest BCUT2D eigenvalue weighted by Crippen LogP contribution is 2.33. The largest absolute Gasteiger partial charge is 0.334 e. The van der Waals surface area contributed by atoms with Gasteiger partial charge < -0.3 is 4.90 Å². The normalized spacial score (nSPS) is 16.1. The fourth-order valence-electron chi connectivity index (χ4n) is 2.29. The van der Waals surface area contributed by atoms with Gasteiger partial charge >= 0.3 is 0 Å². The smallest absolute Gasteiger partial charge is 0.226 e. The van der Waals surface area contributed by atoms with Gasteiger partial charge in [-0.25, -0.2) is 0 Å². The second-order valence-corrected chi connectivity index (χ2v) is 6.65. The van der Waals surface area contributed by atoms with E-state index in [0.717, 1.165) is 12.8 Å². The van der Waals surface area contributed by atoms with Crippen molar-refractivity contribution in [1.29, 1.82) is 0 Å². The van der Waals surface area contributed by atoms with Crippen molar-refractivity contribution in [2.45, 2.75) is 46.1 Å². The van der Waals surface area contributed by atoms with Crippen LogP contribution in [0.1, 0.15) is 46.1 Å². The summed E-state index contributed by atoms with van der Waals surface area (Å²) in [4.78, 5) is 14.4. The number of hydrogen-bond acceptors (Lipinski definition) is 1. The first kappa shape index (κ1) is 14.8. The molecule has 108 valence electrons. The van der Waals surface area contributed by atoms with Crippen LogP contribution in [0.3, 0.4) is 0 Å². The number of allylic oxidation sites excluding steroid dienone is 1. The molecule has 1 fully saturated rings. The van der Waals surface area contributed by atoms with Gasteiger partial charge in [-0.05, 0) is 51.7 Å². The van der Waals surface area contributed by atoms with Crippen molar-refractivity contribution in [3.8, 4) is 0 Å². The molecule has 0 atom stereocenters. The minimum Gasteiger partial charge on any atom is -0.334 e. The van der Waals surface area contributed by atoms with Crippen LogP contribution >= 0.6 is 0 Å². The zero-order valence-electron chi connectivity index (χ0n) is 13.0. The highest BCUT2D eigenvalue weighted by molar-refractivity contribution is 5.82. The maximum absolute atomic E-state index is 12.4. The van der Waals surface area contributed by atoms with Crippen LogP contribution in [0.15, 0.2) is 36.4 Å². The minimum absolute atomic E-state index is 0.118. The van der Waals surface area contributed by atoms with E-state index in [1.54, 1.807) is 0 Å². The lowest BCUT2D eigenvalue weighted by atomic mass is 10.0. The molecule has 2 rings (SSSR count). The lowest BCUT2D eigenvalue weighted by Crippen LogP contribution is -2.46. The second-order valence-electron chi connectivity index (χ2n) is 6.65. The predicted molar refractivity (Wildman–Crippen MR) is 84.3 cm³/mol. The molecule has 0 heterocycles. The highest BCUT2D eigenvalue weighted by Gasteiger charge is 2.37. The molecule has 0 N–H and O–H groups in total. The van der Waals surface area contributed by atoms with Crippen molar-refractivity contribution in [2.24, 2.45) is 5.92 Å². The molecule has 1 aromatic rings. The number of carbonyl (C=O) groups excluding carboxylic acids is 1. The van der Waals surface area contributed by atoms with Crippen molar-refractivity contribution < 1.29 is 4.79 Å². The zero-order valence-corrected chi connectivity index (χ0v) is 13.0. The summed E-state index contributed by atoms with van der Waals surface area (Å²) >= 11 is 0. The van der Waals surface area contributed by atoms with Crippen LogP contribution in [0, 0.1) is 5.92 Å². The number of carbonyl (C=O) groups is 1. The van der Waals surface area contributed by atoms with Crippen molar-refractivity contribution in [3.05, 3.63) is 42.0 Å². The Morgan fingerprint density at radius 3 is 2.35 bits per heavy atom. The summed E-state index contributed by atoms with van der Waals surface area (Å²) in [7, 11) is 0. The van der Waals surface area contributed by atoms with E-state index in [2.05, 4.69) is 45.9 Å². The highest BCUT2D eigenvalue weighted by atomic mass is 16.2. The third-order valence-electron chi connectivity index (χ3n) is 3.81. The van der Waals surface area contributed by atoms with E-state index < -0.39 is 0 Å². The minimum atomic E-state index is -0.118. The summed E-state index contributed by atoms with van der Waals surface area (Å²) in [6.45, 7) is 9.13. The van der Waals surface area contributed by atoms with Gasteiger partial charge in [-0.2, -0.15) is 0 Å². The lowest BCUT2D eigenvalue weighted by molar-refractivity contribution is -0.136. The molecule has 1 aromatic carbocycles. The molecular weight excluding hydrogens is 246 g/mol. The van der Waals surface area contributed by atoms with Gasteiger partial charge in [0.25, 0.3) is 0 Å². The van der Waals surface area contributed by atoms with E-state index in [1.807, 2.05) is 23.1 Å². The third kappa shape index (κ3) is 3.72. The number of hydrogen-bond donors (Lipinski definition) is 0. The summed E-state index contributed by atoms with van der Waals surface area (Å²) in [5, 5.41) is 0. The van der Waals surface area contributed by atoms with E-state index in [9.17, 15) is 4.79 Å². The van der Waals surface area contributed by atoms with Gasteiger partial charge in [0.1, 0.15) is 0 Å². The second kappa shape index (κ2) is 5.82. The number of benzene rings is 1. The molecule has 2 heteroatoms. The van der Waals surface area contributed by atoms with E-state index in [-0.39, 0.29) is 11.5 Å². The van der Waals surface area contributed by atoms with Gasteiger partial charge in [0.2, 0.25) is 5.91 Å². The van der Waals surface area contributed by atoms with Gasteiger partial charge in [-0.15, -0.1) is 0 Å². The van der Waals surface area contributed by atoms with Crippen LogP contribution in [-0.2, 0) is 4.79 Å². The maximum Gasteiger partial charge on any atom is 0.226 e. The van der Waals surface area contributed by atoms with Crippen LogP contribution in [-0.4, -0.2) is 22.9 Å². The topological polar surface area (TPSA) is 20.3 Å². The Balaban J connectivity index is 2.10. The van der Waals surface area contributed by atoms with E-state index in [0.29, 0.717) is 12.5 Å². The average molecular weight is 271 g/mol. The summed E-state index contributed by atoms with van der Waals surface area (Å²) in [6.07, 6.45) is 4.29. The van der Waals surface area contributed by atoms with Crippen LogP contribution in [0.2, 0.25) is 0 Å². The molecule has 0 bridgehead atoms. The lowest BCUT2D eigenvalue weighted by Gasteiger charge is -2.35. The first-order chi connectivity index (χ1) is 9.39. The van der Waals surface area contributed by atoms with Crippen LogP contribution in [0.4, 0.5) is 0 Å². The quantitative estimate of drug-likeness (QED) is 0.806. The van der Waals surface area contributed by atoms with Gasteiger partial charge in [0.05, 0.1) is 0 Å². The fraction of sp³-hybridized carbons (Fsp3) is 0.500. The van der Waals surface area contributed by atoms with Gasteiger partial charge in [0.15, 0.2) is 0 Å². The Hall–Kier alpha value is -1.57. The Morgan fingerprint density at radius 2 is 1.85 bits per heavy atom. The van der Waals surface area contributed by atoms with Crippen molar-refractivity contribution in [1.82, 2.24) is 4.90 Å². The van der Waals surface area contributed by atoms with Crippen molar-refractivity contribution in [3.63, 3.8) is 0 Å². The fourth-order valence-corrected chi connectivity index (χ4v) is 2.29. The third-order valence-corrected chi connectivity index (χ3v) is 3.81. The molecule has 2 nitrogen and oxygen atoms in total. The van der Waals surface area contributed by atoms with Gasteiger partial charge in [-0.1, -0.05) is 36.4 Å². The first-order valence-electron chi connectivity index (χ1n) is 7.43. The molecule has 0 saturated heterocycles.